The highest BCUT2D eigenvalue weighted by Gasteiger charge is 2.64. The topological polar surface area (TPSA) is 49.3 Å². The predicted octanol–water partition coefficient (Wildman–Crippen LogP) is 1.95. The molecule has 0 heterocycles. The monoisotopic (exact) mass is 227 g/mol. The third-order valence-corrected chi connectivity index (χ3v) is 4.63. The van der Waals surface area contributed by atoms with Crippen LogP contribution in [0.15, 0.2) is 0 Å². The van der Waals surface area contributed by atoms with Crippen LogP contribution in [-0.2, 0) is 4.79 Å². The summed E-state index contributed by atoms with van der Waals surface area (Å²) < 4.78 is 0. The highest BCUT2D eigenvalue weighted by atomic mass is 16.2. The lowest BCUT2D eigenvalue weighted by Gasteiger charge is -2.05. The number of carbonyl (C=O) groups excluding carboxylic acids is 1. The Bertz CT molecular complexity index is 245. The van der Waals surface area contributed by atoms with Crippen LogP contribution in [0, 0.1) is 16.7 Å². The smallest absolute Gasteiger partial charge is 0.220 e. The fourth-order valence-electron chi connectivity index (χ4n) is 2.55. The first-order valence-corrected chi connectivity index (χ1v) is 6.21. The summed E-state index contributed by atoms with van der Waals surface area (Å²) in [6.07, 6.45) is 2.03. The summed E-state index contributed by atoms with van der Waals surface area (Å²) in [4.78, 5) is 11.5. The van der Waals surface area contributed by atoms with E-state index in [-0.39, 0.29) is 12.5 Å². The average Bonchev–Trinajstić information content (AvgIpc) is 2.55. The summed E-state index contributed by atoms with van der Waals surface area (Å²) in [7, 11) is 0. The molecule has 0 aliphatic heterocycles. The Hall–Kier alpha value is -0.570. The summed E-state index contributed by atoms with van der Waals surface area (Å²) in [6.45, 7) is 10.0. The summed E-state index contributed by atoms with van der Waals surface area (Å²) in [6, 6.07) is 0. The lowest BCUT2D eigenvalue weighted by atomic mass is 10.0. The van der Waals surface area contributed by atoms with E-state index in [9.17, 15) is 4.79 Å². The lowest BCUT2D eigenvalue weighted by Crippen LogP contribution is -2.26. The number of hydrogen-bond acceptors (Lipinski definition) is 2. The fourth-order valence-corrected chi connectivity index (χ4v) is 2.55. The Morgan fingerprint density at radius 1 is 1.19 bits per heavy atom. The van der Waals surface area contributed by atoms with Crippen molar-refractivity contribution in [1.29, 1.82) is 0 Å². The normalized spacial score (nSPS) is 21.8. The molecule has 1 saturated carbocycles. The molecule has 1 rings (SSSR count). The zero-order valence-electron chi connectivity index (χ0n) is 11.0. The van der Waals surface area contributed by atoms with Gasteiger partial charge in [0.25, 0.3) is 0 Å². The molecule has 0 aromatic carbocycles. The van der Waals surface area contributed by atoms with Gasteiger partial charge in [0.2, 0.25) is 5.91 Å². The summed E-state index contributed by atoms with van der Waals surface area (Å²) in [5.74, 6) is 0.703. The standard InChI is InChI=1S/C13H25NO2/c1-12(2)10(13(12,3)4)9-14-11(16)7-5-6-8-15/h10,15H,5-9H2,1-4H3,(H,14,16). The van der Waals surface area contributed by atoms with E-state index in [0.717, 1.165) is 13.0 Å². The lowest BCUT2D eigenvalue weighted by molar-refractivity contribution is -0.121. The van der Waals surface area contributed by atoms with E-state index in [4.69, 9.17) is 5.11 Å². The molecule has 0 saturated heterocycles. The van der Waals surface area contributed by atoms with E-state index in [1.54, 1.807) is 0 Å². The minimum atomic E-state index is 0.118. The summed E-state index contributed by atoms with van der Waals surface area (Å²) >= 11 is 0. The molecule has 1 amide bonds. The van der Waals surface area contributed by atoms with Crippen molar-refractivity contribution in [1.82, 2.24) is 5.32 Å². The van der Waals surface area contributed by atoms with Crippen LogP contribution in [-0.4, -0.2) is 24.2 Å². The Labute approximate surface area is 98.6 Å². The fraction of sp³-hybridized carbons (Fsp3) is 0.923. The number of carbonyl (C=O) groups is 1. The molecule has 16 heavy (non-hydrogen) atoms. The number of amides is 1. The van der Waals surface area contributed by atoms with Crippen LogP contribution in [0.2, 0.25) is 0 Å². The second kappa shape index (κ2) is 4.74. The second-order valence-electron chi connectivity index (χ2n) is 5.98. The Balaban J connectivity index is 2.19. The molecule has 0 unspecified atom stereocenters. The molecule has 2 N–H and O–H groups in total. The maximum absolute atomic E-state index is 11.5. The minimum Gasteiger partial charge on any atom is -0.396 e. The van der Waals surface area contributed by atoms with Crippen LogP contribution >= 0.6 is 0 Å². The van der Waals surface area contributed by atoms with Gasteiger partial charge in [-0.2, -0.15) is 0 Å². The first-order valence-electron chi connectivity index (χ1n) is 6.21. The molecule has 1 aliphatic carbocycles. The van der Waals surface area contributed by atoms with E-state index in [1.807, 2.05) is 0 Å². The second-order valence-corrected chi connectivity index (χ2v) is 5.98. The molecule has 94 valence electrons. The van der Waals surface area contributed by atoms with Gasteiger partial charge in [0.05, 0.1) is 0 Å². The molecule has 0 radical (unpaired) electrons. The van der Waals surface area contributed by atoms with Crippen molar-refractivity contribution in [3.8, 4) is 0 Å². The van der Waals surface area contributed by atoms with Crippen LogP contribution in [0.4, 0.5) is 0 Å². The highest BCUT2D eigenvalue weighted by Crippen LogP contribution is 2.67. The number of aliphatic hydroxyl groups excluding tert-OH is 1. The molecule has 0 aromatic heterocycles. The Kier molecular flexibility index (Phi) is 4.00. The van der Waals surface area contributed by atoms with Crippen molar-refractivity contribution in [2.75, 3.05) is 13.2 Å². The van der Waals surface area contributed by atoms with Crippen molar-refractivity contribution in [3.05, 3.63) is 0 Å². The van der Waals surface area contributed by atoms with E-state index < -0.39 is 0 Å². The predicted molar refractivity (Wildman–Crippen MR) is 65.0 cm³/mol. The van der Waals surface area contributed by atoms with Gasteiger partial charge >= 0.3 is 0 Å². The molecule has 0 atom stereocenters. The zero-order chi connectivity index (χ0) is 12.4. The Morgan fingerprint density at radius 3 is 2.19 bits per heavy atom. The molecule has 1 aliphatic rings. The van der Waals surface area contributed by atoms with Gasteiger partial charge in [-0.15, -0.1) is 0 Å². The van der Waals surface area contributed by atoms with Crippen LogP contribution < -0.4 is 5.32 Å². The number of hydrogen-bond donors (Lipinski definition) is 2. The quantitative estimate of drug-likeness (QED) is 0.681. The molecule has 0 aromatic rings. The maximum atomic E-state index is 11.5. The number of unbranched alkanes of at least 4 members (excludes halogenated alkanes) is 1. The summed E-state index contributed by atoms with van der Waals surface area (Å²) in [5.41, 5.74) is 0.677. The molecule has 3 heteroatoms. The molecular weight excluding hydrogens is 202 g/mol. The molecule has 1 fully saturated rings. The van der Waals surface area contributed by atoms with Gasteiger partial charge in [-0.3, -0.25) is 4.79 Å². The van der Waals surface area contributed by atoms with Gasteiger partial charge in [0.15, 0.2) is 0 Å². The largest absolute Gasteiger partial charge is 0.396 e. The average molecular weight is 227 g/mol. The summed E-state index contributed by atoms with van der Waals surface area (Å²) in [5, 5.41) is 11.6. The van der Waals surface area contributed by atoms with Gasteiger partial charge in [-0.25, -0.2) is 0 Å². The first-order chi connectivity index (χ1) is 7.34. The van der Waals surface area contributed by atoms with E-state index >= 15 is 0 Å². The SMILES string of the molecule is CC1(C)C(CNC(=O)CCCCO)C1(C)C. The third-order valence-electron chi connectivity index (χ3n) is 4.63. The van der Waals surface area contributed by atoms with Crippen molar-refractivity contribution < 1.29 is 9.90 Å². The van der Waals surface area contributed by atoms with Gasteiger partial charge in [0, 0.05) is 19.6 Å². The van der Waals surface area contributed by atoms with Gasteiger partial charge in [-0.05, 0) is 29.6 Å². The molecule has 0 spiro atoms. The maximum Gasteiger partial charge on any atom is 0.220 e. The highest BCUT2D eigenvalue weighted by molar-refractivity contribution is 5.75. The van der Waals surface area contributed by atoms with Crippen molar-refractivity contribution in [3.63, 3.8) is 0 Å². The third kappa shape index (κ3) is 2.57. The van der Waals surface area contributed by atoms with Gasteiger partial charge < -0.3 is 10.4 Å². The number of nitrogens with one attached hydrogen (secondary N) is 1. The zero-order valence-corrected chi connectivity index (χ0v) is 11.0. The molecule has 3 nitrogen and oxygen atoms in total. The first kappa shape index (κ1) is 13.5. The van der Waals surface area contributed by atoms with Crippen molar-refractivity contribution >= 4 is 5.91 Å². The van der Waals surface area contributed by atoms with Crippen molar-refractivity contribution in [2.24, 2.45) is 16.7 Å². The van der Waals surface area contributed by atoms with Crippen LogP contribution in [0.1, 0.15) is 47.0 Å². The van der Waals surface area contributed by atoms with Gasteiger partial charge in [0.1, 0.15) is 0 Å². The van der Waals surface area contributed by atoms with E-state index in [2.05, 4.69) is 33.0 Å². The minimum absolute atomic E-state index is 0.118. The number of aliphatic hydroxyl groups is 1. The van der Waals surface area contributed by atoms with Crippen LogP contribution in [0.5, 0.6) is 0 Å². The molecular formula is C13H25NO2. The van der Waals surface area contributed by atoms with Crippen LogP contribution in [0.3, 0.4) is 0 Å². The van der Waals surface area contributed by atoms with E-state index in [1.165, 1.54) is 0 Å². The number of rotatable bonds is 6. The van der Waals surface area contributed by atoms with E-state index in [0.29, 0.717) is 29.6 Å². The molecule has 0 bridgehead atoms. The van der Waals surface area contributed by atoms with Crippen LogP contribution in [0.25, 0.3) is 0 Å². The van der Waals surface area contributed by atoms with Gasteiger partial charge in [-0.1, -0.05) is 27.7 Å². The Morgan fingerprint density at radius 2 is 1.75 bits per heavy atom. The van der Waals surface area contributed by atoms with Crippen molar-refractivity contribution in [2.45, 2.75) is 47.0 Å².